The molecular formula is C27H31NO5. The van der Waals surface area contributed by atoms with Crippen molar-refractivity contribution in [2.45, 2.75) is 64.0 Å². The molecule has 1 atom stereocenters. The van der Waals surface area contributed by atoms with Crippen molar-refractivity contribution in [1.82, 2.24) is 4.90 Å². The van der Waals surface area contributed by atoms with Gasteiger partial charge in [-0.15, -0.1) is 0 Å². The van der Waals surface area contributed by atoms with Gasteiger partial charge in [0.1, 0.15) is 17.3 Å². The van der Waals surface area contributed by atoms with Crippen LogP contribution >= 0.6 is 0 Å². The predicted octanol–water partition coefficient (Wildman–Crippen LogP) is 5.28. The van der Waals surface area contributed by atoms with Gasteiger partial charge in [0, 0.05) is 11.6 Å². The smallest absolute Gasteiger partial charge is 0.295 e. The molecule has 2 aliphatic rings. The number of rotatable bonds is 5. The first-order valence-electron chi connectivity index (χ1n) is 11.6. The molecule has 4 rings (SSSR count). The van der Waals surface area contributed by atoms with Crippen LogP contribution < -0.4 is 4.74 Å². The van der Waals surface area contributed by atoms with Gasteiger partial charge in [-0.25, -0.2) is 0 Å². The van der Waals surface area contributed by atoms with Gasteiger partial charge in [-0.2, -0.15) is 0 Å². The van der Waals surface area contributed by atoms with Crippen LogP contribution in [0.2, 0.25) is 0 Å². The first-order valence-corrected chi connectivity index (χ1v) is 11.6. The highest BCUT2D eigenvalue weighted by molar-refractivity contribution is 6.46. The fraction of sp³-hybridized carbons (Fsp3) is 0.407. The number of hydrogen-bond acceptors (Lipinski definition) is 5. The van der Waals surface area contributed by atoms with Gasteiger partial charge in [0.2, 0.25) is 0 Å². The van der Waals surface area contributed by atoms with Crippen LogP contribution in [-0.2, 0) is 9.59 Å². The van der Waals surface area contributed by atoms with Crippen molar-refractivity contribution in [1.29, 1.82) is 0 Å². The molecule has 33 heavy (non-hydrogen) atoms. The maximum absolute atomic E-state index is 13.3. The molecule has 2 N–H and O–H groups in total. The number of likely N-dealkylation sites (tertiary alicyclic amines) is 1. The van der Waals surface area contributed by atoms with Gasteiger partial charge < -0.3 is 19.8 Å². The van der Waals surface area contributed by atoms with Crippen molar-refractivity contribution < 1.29 is 24.5 Å². The first-order chi connectivity index (χ1) is 15.8. The molecule has 2 aromatic rings. The van der Waals surface area contributed by atoms with Crippen LogP contribution in [0.1, 0.15) is 74.6 Å². The molecule has 2 fully saturated rings. The summed E-state index contributed by atoms with van der Waals surface area (Å²) in [4.78, 5) is 28.2. The predicted molar refractivity (Wildman–Crippen MR) is 126 cm³/mol. The van der Waals surface area contributed by atoms with Crippen LogP contribution in [0.15, 0.2) is 48.0 Å². The zero-order valence-electron chi connectivity index (χ0n) is 19.4. The van der Waals surface area contributed by atoms with E-state index in [1.54, 1.807) is 48.4 Å². The number of methoxy groups -OCH3 is 1. The average molecular weight is 450 g/mol. The molecule has 6 nitrogen and oxygen atoms in total. The summed E-state index contributed by atoms with van der Waals surface area (Å²) >= 11 is 0. The Morgan fingerprint density at radius 2 is 1.70 bits per heavy atom. The van der Waals surface area contributed by atoms with Crippen molar-refractivity contribution in [2.75, 3.05) is 7.11 Å². The summed E-state index contributed by atoms with van der Waals surface area (Å²) in [6.45, 7) is 4.06. The molecule has 1 aliphatic heterocycles. The molecular weight excluding hydrogens is 418 g/mol. The Balaban J connectivity index is 1.88. The van der Waals surface area contributed by atoms with Gasteiger partial charge in [-0.05, 0) is 60.2 Å². The average Bonchev–Trinajstić information content (AvgIpc) is 3.09. The number of carbonyl (C=O) groups excluding carboxylic acids is 2. The number of ether oxygens (including phenoxy) is 1. The standard InChI is InChI=1S/C27H31NO5/c1-16(2)21-15-18(11-14-22(21)33-3)25(30)23-24(17-9-12-20(29)13-10-17)28(27(32)26(23)31)19-7-5-4-6-8-19/h9-16,19,24,29-30H,4-8H2,1-3H3/b25-23-. The van der Waals surface area contributed by atoms with Crippen LogP contribution in [0.25, 0.3) is 5.76 Å². The maximum Gasteiger partial charge on any atom is 0.295 e. The highest BCUT2D eigenvalue weighted by atomic mass is 16.5. The number of amides is 1. The highest BCUT2D eigenvalue weighted by Crippen LogP contribution is 2.43. The summed E-state index contributed by atoms with van der Waals surface area (Å²) in [6, 6.07) is 11.1. The van der Waals surface area contributed by atoms with Crippen LogP contribution in [0, 0.1) is 0 Å². The largest absolute Gasteiger partial charge is 0.508 e. The minimum atomic E-state index is -0.696. The number of Topliss-reactive ketones (excluding diaryl/α,β-unsaturated/α-hetero) is 1. The molecule has 0 radical (unpaired) electrons. The quantitative estimate of drug-likeness (QED) is 0.368. The van der Waals surface area contributed by atoms with E-state index < -0.39 is 17.7 Å². The second-order valence-electron chi connectivity index (χ2n) is 9.20. The number of aliphatic hydroxyl groups excluding tert-OH is 1. The van der Waals surface area contributed by atoms with E-state index >= 15 is 0 Å². The number of aromatic hydroxyl groups is 1. The van der Waals surface area contributed by atoms with Gasteiger partial charge in [0.15, 0.2) is 0 Å². The molecule has 0 spiro atoms. The Labute approximate surface area is 194 Å². The molecule has 1 unspecified atom stereocenters. The topological polar surface area (TPSA) is 87.1 Å². The Morgan fingerprint density at radius 3 is 2.30 bits per heavy atom. The molecule has 0 bridgehead atoms. The van der Waals surface area contributed by atoms with Crippen LogP contribution in [0.4, 0.5) is 0 Å². The van der Waals surface area contributed by atoms with E-state index in [1.165, 1.54) is 0 Å². The van der Waals surface area contributed by atoms with E-state index in [-0.39, 0.29) is 29.0 Å². The molecule has 1 saturated heterocycles. The molecule has 1 heterocycles. The monoisotopic (exact) mass is 449 g/mol. The second-order valence-corrected chi connectivity index (χ2v) is 9.20. The summed E-state index contributed by atoms with van der Waals surface area (Å²) in [6.07, 6.45) is 4.80. The number of benzene rings is 2. The number of aliphatic hydroxyl groups is 1. The molecule has 1 aliphatic carbocycles. The van der Waals surface area contributed by atoms with Gasteiger partial charge in [0.25, 0.3) is 11.7 Å². The van der Waals surface area contributed by atoms with Crippen LogP contribution in [0.5, 0.6) is 11.5 Å². The molecule has 1 amide bonds. The SMILES string of the molecule is COc1ccc(/C(O)=C2/C(=O)C(=O)N(C3CCCCC3)C2c2ccc(O)cc2)cc1C(C)C. The zero-order valence-corrected chi connectivity index (χ0v) is 19.4. The number of phenolic OH excluding ortho intramolecular Hbond substituents is 1. The Morgan fingerprint density at radius 1 is 1.03 bits per heavy atom. The molecule has 2 aromatic carbocycles. The van der Waals surface area contributed by atoms with Crippen molar-refractivity contribution in [3.63, 3.8) is 0 Å². The van der Waals surface area contributed by atoms with Crippen molar-refractivity contribution in [3.8, 4) is 11.5 Å². The maximum atomic E-state index is 13.3. The summed E-state index contributed by atoms with van der Waals surface area (Å²) in [7, 11) is 1.60. The van der Waals surface area contributed by atoms with Crippen molar-refractivity contribution >= 4 is 17.4 Å². The van der Waals surface area contributed by atoms with Crippen molar-refractivity contribution in [2.24, 2.45) is 0 Å². The third-order valence-electron chi connectivity index (χ3n) is 6.78. The third-order valence-corrected chi connectivity index (χ3v) is 6.78. The minimum absolute atomic E-state index is 0.0543. The third kappa shape index (κ3) is 4.22. The Bertz CT molecular complexity index is 1080. The second kappa shape index (κ2) is 9.30. The van der Waals surface area contributed by atoms with E-state index in [2.05, 4.69) is 0 Å². The Kier molecular flexibility index (Phi) is 6.45. The zero-order chi connectivity index (χ0) is 23.7. The fourth-order valence-electron chi connectivity index (χ4n) is 5.06. The Hall–Kier alpha value is -3.28. The summed E-state index contributed by atoms with van der Waals surface area (Å²) in [5.74, 6) is -0.471. The van der Waals surface area contributed by atoms with Gasteiger partial charge >= 0.3 is 0 Å². The fourth-order valence-corrected chi connectivity index (χ4v) is 5.06. The lowest BCUT2D eigenvalue weighted by Crippen LogP contribution is -2.40. The van der Waals surface area contributed by atoms with E-state index in [0.717, 1.165) is 37.7 Å². The van der Waals surface area contributed by atoms with Crippen LogP contribution in [0.3, 0.4) is 0 Å². The molecule has 6 heteroatoms. The summed E-state index contributed by atoms with van der Waals surface area (Å²) in [5.41, 5.74) is 2.17. The van der Waals surface area contributed by atoms with E-state index in [4.69, 9.17) is 4.74 Å². The molecule has 0 aromatic heterocycles. The number of nitrogens with zero attached hydrogens (tertiary/aromatic N) is 1. The van der Waals surface area contributed by atoms with Gasteiger partial charge in [-0.3, -0.25) is 9.59 Å². The lowest BCUT2D eigenvalue weighted by Gasteiger charge is -2.35. The number of ketones is 1. The van der Waals surface area contributed by atoms with E-state index in [9.17, 15) is 19.8 Å². The number of phenols is 1. The van der Waals surface area contributed by atoms with Crippen LogP contribution in [-0.4, -0.2) is 40.0 Å². The van der Waals surface area contributed by atoms with Gasteiger partial charge in [-0.1, -0.05) is 45.2 Å². The number of hydrogen-bond donors (Lipinski definition) is 2. The highest BCUT2D eigenvalue weighted by Gasteiger charge is 2.48. The minimum Gasteiger partial charge on any atom is -0.508 e. The normalized spacial score (nSPS) is 21.1. The van der Waals surface area contributed by atoms with Crippen molar-refractivity contribution in [3.05, 3.63) is 64.7 Å². The molecule has 1 saturated carbocycles. The van der Waals surface area contributed by atoms with E-state index in [1.807, 2.05) is 19.9 Å². The lowest BCUT2D eigenvalue weighted by molar-refractivity contribution is -0.141. The first kappa shape index (κ1) is 22.9. The number of carbonyl (C=O) groups is 2. The van der Waals surface area contributed by atoms with Gasteiger partial charge in [0.05, 0.1) is 18.7 Å². The lowest BCUT2D eigenvalue weighted by atomic mass is 9.90. The summed E-state index contributed by atoms with van der Waals surface area (Å²) in [5, 5.41) is 21.2. The summed E-state index contributed by atoms with van der Waals surface area (Å²) < 4.78 is 5.45. The van der Waals surface area contributed by atoms with E-state index in [0.29, 0.717) is 16.9 Å². The molecule has 174 valence electrons.